The van der Waals surface area contributed by atoms with E-state index >= 15 is 0 Å². The Bertz CT molecular complexity index is 722. The van der Waals surface area contributed by atoms with Crippen molar-refractivity contribution in [2.24, 2.45) is 4.99 Å². The van der Waals surface area contributed by atoms with Gasteiger partial charge in [0.05, 0.1) is 11.0 Å². The molecule has 2 N–H and O–H groups in total. The highest BCUT2D eigenvalue weighted by molar-refractivity contribution is 14.0. The van der Waals surface area contributed by atoms with E-state index in [9.17, 15) is 0 Å². The van der Waals surface area contributed by atoms with E-state index in [1.807, 2.05) is 50.5 Å². The first kappa shape index (κ1) is 24.7. The lowest BCUT2D eigenvalue weighted by atomic mass is 10.3. The maximum atomic E-state index is 5.95. The number of hydrogen-bond acceptors (Lipinski definition) is 3. The number of aliphatic imine (C=N–C) groups is 1. The first-order valence-electron chi connectivity index (χ1n) is 9.51. The average molecular weight is 564 g/mol. The summed E-state index contributed by atoms with van der Waals surface area (Å²) in [5, 5.41) is 6.68. The monoisotopic (exact) mass is 563 g/mol. The standard InChI is InChI=1S/C20H30BrN5O.HI/c1-4-22-20(24-11-7-8-13-26-14-12-23-17(26)3)25-15-16(2)27-19-10-6-5-9-18(19)21;/h5-6,9-10,12,14,16H,4,7-8,11,13,15H2,1-3H3,(H2,22,24,25);1H. The molecule has 0 spiro atoms. The van der Waals surface area contributed by atoms with E-state index < -0.39 is 0 Å². The molecule has 0 saturated carbocycles. The lowest BCUT2D eigenvalue weighted by Gasteiger charge is -2.16. The highest BCUT2D eigenvalue weighted by Crippen LogP contribution is 2.24. The van der Waals surface area contributed by atoms with Gasteiger partial charge in [-0.2, -0.15) is 0 Å². The summed E-state index contributed by atoms with van der Waals surface area (Å²) in [6.07, 6.45) is 6.04. The first-order chi connectivity index (χ1) is 13.1. The van der Waals surface area contributed by atoms with Crippen LogP contribution in [-0.4, -0.2) is 41.2 Å². The number of unbranched alkanes of at least 4 members (excludes halogenated alkanes) is 1. The van der Waals surface area contributed by atoms with E-state index in [4.69, 9.17) is 4.74 Å². The normalized spacial score (nSPS) is 12.2. The minimum atomic E-state index is -0.0108. The van der Waals surface area contributed by atoms with E-state index in [-0.39, 0.29) is 30.1 Å². The van der Waals surface area contributed by atoms with Crippen LogP contribution in [0.15, 0.2) is 46.1 Å². The summed E-state index contributed by atoms with van der Waals surface area (Å²) in [6, 6.07) is 7.87. The number of aromatic nitrogens is 2. The second-order valence-electron chi connectivity index (χ2n) is 6.38. The molecule has 0 fully saturated rings. The smallest absolute Gasteiger partial charge is 0.191 e. The molecule has 1 aromatic carbocycles. The number of nitrogens with zero attached hydrogens (tertiary/aromatic N) is 3. The zero-order chi connectivity index (χ0) is 19.5. The third kappa shape index (κ3) is 8.81. The van der Waals surface area contributed by atoms with E-state index in [1.165, 1.54) is 0 Å². The molecule has 6 nitrogen and oxygen atoms in total. The van der Waals surface area contributed by atoms with Gasteiger partial charge in [-0.05, 0) is 61.7 Å². The molecule has 1 heterocycles. The molecule has 8 heteroatoms. The van der Waals surface area contributed by atoms with E-state index in [2.05, 4.69) is 48.0 Å². The van der Waals surface area contributed by atoms with Crippen LogP contribution in [0.25, 0.3) is 0 Å². The van der Waals surface area contributed by atoms with Gasteiger partial charge in [-0.3, -0.25) is 0 Å². The van der Waals surface area contributed by atoms with E-state index in [1.54, 1.807) is 0 Å². The van der Waals surface area contributed by atoms with Crippen molar-refractivity contribution in [2.75, 3.05) is 19.6 Å². The van der Waals surface area contributed by atoms with Crippen LogP contribution >= 0.6 is 39.9 Å². The van der Waals surface area contributed by atoms with Crippen LogP contribution in [0.2, 0.25) is 0 Å². The number of nitrogens with one attached hydrogen (secondary N) is 2. The van der Waals surface area contributed by atoms with Crippen molar-refractivity contribution < 1.29 is 4.74 Å². The Morgan fingerprint density at radius 1 is 1.29 bits per heavy atom. The van der Waals surface area contributed by atoms with Gasteiger partial charge in [0, 0.05) is 32.0 Å². The number of para-hydroxylation sites is 1. The van der Waals surface area contributed by atoms with Crippen LogP contribution in [0.3, 0.4) is 0 Å². The Balaban J connectivity index is 0.00000392. The molecule has 0 amide bonds. The summed E-state index contributed by atoms with van der Waals surface area (Å²) in [6.45, 7) is 9.44. The Labute approximate surface area is 193 Å². The number of hydrogen-bond donors (Lipinski definition) is 2. The highest BCUT2D eigenvalue weighted by Gasteiger charge is 2.07. The fourth-order valence-corrected chi connectivity index (χ4v) is 2.99. The zero-order valence-corrected chi connectivity index (χ0v) is 20.7. The van der Waals surface area contributed by atoms with Crippen LogP contribution in [-0.2, 0) is 6.54 Å². The lowest BCUT2D eigenvalue weighted by Crippen LogP contribution is -2.38. The predicted octanol–water partition coefficient (Wildman–Crippen LogP) is 4.37. The van der Waals surface area contributed by atoms with Gasteiger partial charge < -0.3 is 19.9 Å². The maximum absolute atomic E-state index is 5.95. The number of halogens is 2. The van der Waals surface area contributed by atoms with Gasteiger partial charge >= 0.3 is 0 Å². The van der Waals surface area contributed by atoms with Crippen molar-refractivity contribution >= 4 is 45.9 Å². The first-order valence-corrected chi connectivity index (χ1v) is 10.3. The summed E-state index contributed by atoms with van der Waals surface area (Å²) in [5.41, 5.74) is 0. The van der Waals surface area contributed by atoms with Crippen LogP contribution in [0.1, 0.15) is 32.5 Å². The van der Waals surface area contributed by atoms with Crippen molar-refractivity contribution in [1.29, 1.82) is 0 Å². The summed E-state index contributed by atoms with van der Waals surface area (Å²) in [5.74, 6) is 2.74. The molecular weight excluding hydrogens is 533 g/mol. The number of imidazole rings is 1. The fourth-order valence-electron chi connectivity index (χ4n) is 2.61. The molecule has 0 saturated heterocycles. The second-order valence-corrected chi connectivity index (χ2v) is 7.23. The lowest BCUT2D eigenvalue weighted by molar-refractivity contribution is 0.228. The van der Waals surface area contributed by atoms with E-state index in [0.717, 1.165) is 54.5 Å². The van der Waals surface area contributed by atoms with Crippen molar-refractivity contribution in [1.82, 2.24) is 20.2 Å². The summed E-state index contributed by atoms with van der Waals surface area (Å²) in [4.78, 5) is 8.89. The molecule has 2 rings (SSSR count). The summed E-state index contributed by atoms with van der Waals surface area (Å²) < 4.78 is 9.09. The van der Waals surface area contributed by atoms with Gasteiger partial charge in [-0.25, -0.2) is 9.98 Å². The molecule has 156 valence electrons. The quantitative estimate of drug-likeness (QED) is 0.195. The Morgan fingerprint density at radius 2 is 2.07 bits per heavy atom. The summed E-state index contributed by atoms with van der Waals surface area (Å²) in [7, 11) is 0. The Hall–Kier alpha value is -1.29. The molecule has 0 bridgehead atoms. The number of benzene rings is 1. The minimum absolute atomic E-state index is 0. The number of rotatable bonds is 10. The molecule has 1 unspecified atom stereocenters. The topological polar surface area (TPSA) is 63.5 Å². The van der Waals surface area contributed by atoms with Crippen molar-refractivity contribution in [2.45, 2.75) is 46.3 Å². The van der Waals surface area contributed by atoms with Crippen molar-refractivity contribution in [3.63, 3.8) is 0 Å². The zero-order valence-electron chi connectivity index (χ0n) is 16.8. The van der Waals surface area contributed by atoms with Gasteiger partial charge in [0.1, 0.15) is 17.7 Å². The molecule has 0 aliphatic heterocycles. The SMILES string of the molecule is CCNC(=NCC(C)Oc1ccccc1Br)NCCCCn1ccnc1C.I. The largest absolute Gasteiger partial charge is 0.488 e. The Morgan fingerprint density at radius 3 is 2.75 bits per heavy atom. The summed E-state index contributed by atoms with van der Waals surface area (Å²) >= 11 is 3.51. The second kappa shape index (κ2) is 13.8. The van der Waals surface area contributed by atoms with Gasteiger partial charge in [-0.15, -0.1) is 24.0 Å². The van der Waals surface area contributed by atoms with Crippen molar-refractivity contribution in [3.05, 3.63) is 47.0 Å². The van der Waals surface area contributed by atoms with Crippen LogP contribution in [0, 0.1) is 6.92 Å². The average Bonchev–Trinajstić information content (AvgIpc) is 3.06. The molecule has 1 aromatic heterocycles. The molecule has 0 radical (unpaired) electrons. The van der Waals surface area contributed by atoms with Gasteiger partial charge in [0.2, 0.25) is 0 Å². The third-order valence-corrected chi connectivity index (χ3v) is 4.71. The molecule has 0 aliphatic rings. The molecule has 28 heavy (non-hydrogen) atoms. The van der Waals surface area contributed by atoms with Gasteiger partial charge in [0.15, 0.2) is 5.96 Å². The number of aryl methyl sites for hydroxylation is 2. The molecule has 2 aromatic rings. The van der Waals surface area contributed by atoms with Crippen molar-refractivity contribution in [3.8, 4) is 5.75 Å². The van der Waals surface area contributed by atoms with Crippen LogP contribution in [0.5, 0.6) is 5.75 Å². The predicted molar refractivity (Wildman–Crippen MR) is 130 cm³/mol. The third-order valence-electron chi connectivity index (χ3n) is 4.06. The number of guanidine groups is 1. The van der Waals surface area contributed by atoms with Gasteiger partial charge in [-0.1, -0.05) is 12.1 Å². The molecular formula is C20H31BrIN5O. The highest BCUT2D eigenvalue weighted by atomic mass is 127. The number of ether oxygens (including phenoxy) is 1. The fraction of sp³-hybridized carbons (Fsp3) is 0.500. The van der Waals surface area contributed by atoms with Gasteiger partial charge in [0.25, 0.3) is 0 Å². The van der Waals surface area contributed by atoms with Crippen LogP contribution < -0.4 is 15.4 Å². The molecule has 0 aliphatic carbocycles. The maximum Gasteiger partial charge on any atom is 0.191 e. The van der Waals surface area contributed by atoms with E-state index in [0.29, 0.717) is 6.54 Å². The Kier molecular flexibility index (Phi) is 12.2. The van der Waals surface area contributed by atoms with Crippen LogP contribution in [0.4, 0.5) is 0 Å². The minimum Gasteiger partial charge on any atom is -0.488 e. The molecule has 1 atom stereocenters.